The summed E-state index contributed by atoms with van der Waals surface area (Å²) in [5.41, 5.74) is 2.61. The number of ketones is 1. The fourth-order valence-electron chi connectivity index (χ4n) is 1.91. The molecule has 0 aliphatic carbocycles. The monoisotopic (exact) mass is 266 g/mol. The van der Waals surface area contributed by atoms with E-state index in [1.54, 1.807) is 12.1 Å². The second-order valence-corrected chi connectivity index (χ2v) is 4.45. The Balaban J connectivity index is 2.18. The molecule has 0 aliphatic heterocycles. The molecule has 0 fully saturated rings. The first kappa shape index (κ1) is 13.7. The van der Waals surface area contributed by atoms with E-state index in [2.05, 4.69) is 6.58 Å². The Hall–Kier alpha value is -2.68. The molecule has 2 aromatic rings. The molecule has 0 radical (unpaired) electrons. The molecule has 20 heavy (non-hydrogen) atoms. The van der Waals surface area contributed by atoms with Gasteiger partial charge in [-0.25, -0.2) is 0 Å². The summed E-state index contributed by atoms with van der Waals surface area (Å²) in [6.45, 7) is 3.52. The number of hydrogen-bond donors (Lipinski definition) is 1. The van der Waals surface area contributed by atoms with E-state index in [4.69, 9.17) is 5.11 Å². The Labute approximate surface area is 117 Å². The third-order valence-electron chi connectivity index (χ3n) is 2.94. The Morgan fingerprint density at radius 3 is 2.00 bits per heavy atom. The molecule has 0 amide bonds. The fourth-order valence-corrected chi connectivity index (χ4v) is 1.91. The first-order valence-corrected chi connectivity index (χ1v) is 6.17. The maximum atomic E-state index is 12.0. The minimum absolute atomic E-state index is 0.0879. The van der Waals surface area contributed by atoms with Gasteiger partial charge in [-0.15, -0.1) is 0 Å². The van der Waals surface area contributed by atoms with Crippen LogP contribution in [0.1, 0.15) is 16.8 Å². The lowest BCUT2D eigenvalue weighted by Gasteiger charge is -2.05. The zero-order chi connectivity index (χ0) is 14.5. The molecule has 0 saturated carbocycles. The van der Waals surface area contributed by atoms with Crippen LogP contribution in [0.5, 0.6) is 0 Å². The summed E-state index contributed by atoms with van der Waals surface area (Å²) in [4.78, 5) is 22.5. The van der Waals surface area contributed by atoms with Gasteiger partial charge in [-0.1, -0.05) is 61.2 Å². The quantitative estimate of drug-likeness (QED) is 0.665. The lowest BCUT2D eigenvalue weighted by atomic mass is 9.99. The number of rotatable bonds is 5. The zero-order valence-corrected chi connectivity index (χ0v) is 10.9. The molecule has 2 rings (SSSR count). The molecule has 100 valence electrons. The fraction of sp³-hybridized carbons (Fsp3) is 0.0588. The van der Waals surface area contributed by atoms with Crippen molar-refractivity contribution in [2.24, 2.45) is 0 Å². The van der Waals surface area contributed by atoms with Crippen LogP contribution in [0.15, 0.2) is 66.7 Å². The van der Waals surface area contributed by atoms with E-state index in [9.17, 15) is 9.59 Å². The van der Waals surface area contributed by atoms with Gasteiger partial charge in [0, 0.05) is 11.1 Å². The lowest BCUT2D eigenvalue weighted by molar-refractivity contribution is -0.136. The van der Waals surface area contributed by atoms with Gasteiger partial charge in [-0.3, -0.25) is 9.59 Å². The van der Waals surface area contributed by atoms with Crippen molar-refractivity contribution in [3.63, 3.8) is 0 Å². The summed E-state index contributed by atoms with van der Waals surface area (Å²) >= 11 is 0. The first-order valence-electron chi connectivity index (χ1n) is 6.17. The van der Waals surface area contributed by atoms with Crippen LogP contribution in [0, 0.1) is 0 Å². The van der Waals surface area contributed by atoms with Crippen molar-refractivity contribution in [1.82, 2.24) is 0 Å². The van der Waals surface area contributed by atoms with Crippen molar-refractivity contribution in [2.45, 2.75) is 6.42 Å². The Kier molecular flexibility index (Phi) is 4.11. The lowest BCUT2D eigenvalue weighted by Crippen LogP contribution is -2.07. The molecule has 2 aromatic carbocycles. The molecular weight excluding hydrogens is 252 g/mol. The van der Waals surface area contributed by atoms with Crippen LogP contribution in [0.4, 0.5) is 0 Å². The number of carboxylic acid groups (broad SMARTS) is 1. The first-order chi connectivity index (χ1) is 9.58. The Morgan fingerprint density at radius 2 is 1.45 bits per heavy atom. The summed E-state index contributed by atoms with van der Waals surface area (Å²) in [5.74, 6) is -1.38. The van der Waals surface area contributed by atoms with Crippen LogP contribution in [-0.2, 0) is 4.79 Å². The van der Waals surface area contributed by atoms with E-state index in [0.29, 0.717) is 5.56 Å². The number of benzene rings is 2. The highest BCUT2D eigenvalue weighted by molar-refractivity contribution is 6.10. The van der Waals surface area contributed by atoms with Crippen LogP contribution >= 0.6 is 0 Å². The topological polar surface area (TPSA) is 54.4 Å². The molecule has 0 unspecified atom stereocenters. The van der Waals surface area contributed by atoms with E-state index < -0.39 is 5.97 Å². The second kappa shape index (κ2) is 5.97. The molecule has 3 heteroatoms. The van der Waals surface area contributed by atoms with Gasteiger partial charge >= 0.3 is 5.97 Å². The molecule has 0 saturated heterocycles. The predicted molar refractivity (Wildman–Crippen MR) is 77.6 cm³/mol. The van der Waals surface area contributed by atoms with Crippen LogP contribution in [0.25, 0.3) is 11.1 Å². The standard InChI is InChI=1S/C17H14O3/c1-12(11-16(18)19)17(20)15-9-7-14(8-10-15)13-5-3-2-4-6-13/h2-10H,1,11H2,(H,18,19). The Morgan fingerprint density at radius 1 is 0.900 bits per heavy atom. The third kappa shape index (κ3) is 3.20. The van der Waals surface area contributed by atoms with Gasteiger partial charge in [0.25, 0.3) is 0 Å². The molecule has 0 atom stereocenters. The number of carbonyl (C=O) groups excluding carboxylic acids is 1. The van der Waals surface area contributed by atoms with Gasteiger partial charge in [0.2, 0.25) is 0 Å². The van der Waals surface area contributed by atoms with Gasteiger partial charge < -0.3 is 5.11 Å². The highest BCUT2D eigenvalue weighted by Gasteiger charge is 2.13. The van der Waals surface area contributed by atoms with Gasteiger partial charge in [0.15, 0.2) is 5.78 Å². The minimum Gasteiger partial charge on any atom is -0.481 e. The van der Waals surface area contributed by atoms with Crippen molar-refractivity contribution in [3.05, 3.63) is 72.3 Å². The van der Waals surface area contributed by atoms with Crippen LogP contribution < -0.4 is 0 Å². The van der Waals surface area contributed by atoms with Crippen molar-refractivity contribution in [2.75, 3.05) is 0 Å². The normalized spacial score (nSPS) is 10.0. The minimum atomic E-state index is -1.05. The number of aliphatic carboxylic acids is 1. The largest absolute Gasteiger partial charge is 0.481 e. The van der Waals surface area contributed by atoms with Gasteiger partial charge in [-0.2, -0.15) is 0 Å². The van der Waals surface area contributed by atoms with E-state index >= 15 is 0 Å². The van der Waals surface area contributed by atoms with Crippen molar-refractivity contribution in [3.8, 4) is 11.1 Å². The van der Waals surface area contributed by atoms with Crippen molar-refractivity contribution in [1.29, 1.82) is 0 Å². The smallest absolute Gasteiger partial charge is 0.307 e. The highest BCUT2D eigenvalue weighted by atomic mass is 16.4. The molecule has 0 aliphatic rings. The van der Waals surface area contributed by atoms with Gasteiger partial charge in [0.1, 0.15) is 0 Å². The summed E-state index contributed by atoms with van der Waals surface area (Å²) in [7, 11) is 0. The number of carboxylic acids is 1. The predicted octanol–water partition coefficient (Wildman–Crippen LogP) is 3.57. The van der Waals surface area contributed by atoms with Gasteiger partial charge in [-0.05, 0) is 11.1 Å². The molecule has 3 nitrogen and oxygen atoms in total. The molecule has 0 heterocycles. The summed E-state index contributed by atoms with van der Waals surface area (Å²) in [5, 5.41) is 8.66. The third-order valence-corrected chi connectivity index (χ3v) is 2.94. The molecular formula is C17H14O3. The highest BCUT2D eigenvalue weighted by Crippen LogP contribution is 2.20. The van der Waals surface area contributed by atoms with Crippen molar-refractivity contribution < 1.29 is 14.7 Å². The van der Waals surface area contributed by atoms with Crippen LogP contribution in [0.2, 0.25) is 0 Å². The zero-order valence-electron chi connectivity index (χ0n) is 10.9. The molecule has 0 spiro atoms. The summed E-state index contributed by atoms with van der Waals surface area (Å²) in [6, 6.07) is 16.9. The van der Waals surface area contributed by atoms with E-state index in [0.717, 1.165) is 11.1 Å². The second-order valence-electron chi connectivity index (χ2n) is 4.45. The van der Waals surface area contributed by atoms with Crippen molar-refractivity contribution >= 4 is 11.8 Å². The SMILES string of the molecule is C=C(CC(=O)O)C(=O)c1ccc(-c2ccccc2)cc1. The average Bonchev–Trinajstić information content (AvgIpc) is 2.47. The summed E-state index contributed by atoms with van der Waals surface area (Å²) < 4.78 is 0. The number of Topliss-reactive ketones (excluding diaryl/α,β-unsaturated/α-hetero) is 1. The molecule has 0 aromatic heterocycles. The molecule has 0 bridgehead atoms. The maximum absolute atomic E-state index is 12.0. The number of carbonyl (C=O) groups is 2. The maximum Gasteiger partial charge on any atom is 0.307 e. The number of hydrogen-bond acceptors (Lipinski definition) is 2. The average molecular weight is 266 g/mol. The van der Waals surface area contributed by atoms with E-state index in [1.165, 1.54) is 0 Å². The molecule has 1 N–H and O–H groups in total. The van der Waals surface area contributed by atoms with E-state index in [1.807, 2.05) is 42.5 Å². The van der Waals surface area contributed by atoms with Gasteiger partial charge in [0.05, 0.1) is 6.42 Å². The van der Waals surface area contributed by atoms with E-state index in [-0.39, 0.29) is 17.8 Å². The Bertz CT molecular complexity index is 640. The van der Waals surface area contributed by atoms with Crippen LogP contribution in [-0.4, -0.2) is 16.9 Å². The summed E-state index contributed by atoms with van der Waals surface area (Å²) in [6.07, 6.45) is -0.334. The van der Waals surface area contributed by atoms with Crippen LogP contribution in [0.3, 0.4) is 0 Å².